The topological polar surface area (TPSA) is 84.9 Å². The quantitative estimate of drug-likeness (QED) is 0.252. The molecule has 4 rings (SSSR count). The first kappa shape index (κ1) is 27.1. The van der Waals surface area contributed by atoms with Crippen LogP contribution in [0.2, 0.25) is 0 Å². The Labute approximate surface area is 230 Å². The highest BCUT2D eigenvalue weighted by Crippen LogP contribution is 2.38. The van der Waals surface area contributed by atoms with E-state index in [9.17, 15) is 14.4 Å². The summed E-state index contributed by atoms with van der Waals surface area (Å²) in [6.07, 6.45) is 2.27. The maximum atomic E-state index is 13.3. The van der Waals surface area contributed by atoms with Crippen molar-refractivity contribution in [2.45, 2.75) is 40.7 Å². The van der Waals surface area contributed by atoms with Crippen LogP contribution >= 0.6 is 15.9 Å². The van der Waals surface area contributed by atoms with Crippen molar-refractivity contribution in [1.82, 2.24) is 5.32 Å². The van der Waals surface area contributed by atoms with Crippen molar-refractivity contribution in [2.75, 3.05) is 11.5 Å². The van der Waals surface area contributed by atoms with Gasteiger partial charge in [-0.1, -0.05) is 37.3 Å². The second-order valence-corrected chi connectivity index (χ2v) is 9.80. The molecule has 1 heterocycles. The van der Waals surface area contributed by atoms with Gasteiger partial charge in [0, 0.05) is 0 Å². The van der Waals surface area contributed by atoms with Crippen LogP contribution in [0.3, 0.4) is 0 Å². The van der Waals surface area contributed by atoms with Gasteiger partial charge in [0.15, 0.2) is 11.5 Å². The van der Waals surface area contributed by atoms with E-state index in [1.54, 1.807) is 24.3 Å². The Morgan fingerprint density at radius 1 is 0.895 bits per heavy atom. The average Bonchev–Trinajstić information content (AvgIpc) is 2.88. The molecule has 1 aliphatic rings. The Kier molecular flexibility index (Phi) is 8.32. The fourth-order valence-corrected chi connectivity index (χ4v) is 4.64. The molecular weight excluding hydrogens is 548 g/mol. The van der Waals surface area contributed by atoms with Crippen LogP contribution in [0.4, 0.5) is 10.5 Å². The van der Waals surface area contributed by atoms with E-state index in [-0.39, 0.29) is 5.57 Å². The molecule has 3 aromatic carbocycles. The molecule has 1 saturated heterocycles. The molecule has 8 heteroatoms. The van der Waals surface area contributed by atoms with E-state index in [2.05, 4.69) is 47.2 Å². The molecule has 0 unspecified atom stereocenters. The number of rotatable bonds is 8. The number of carbonyl (C=O) groups excluding carboxylic acids is 3. The molecule has 0 atom stereocenters. The van der Waals surface area contributed by atoms with E-state index in [0.29, 0.717) is 40.4 Å². The molecule has 0 spiro atoms. The largest absolute Gasteiger partial charge is 0.490 e. The smallest absolute Gasteiger partial charge is 0.335 e. The fraction of sp³-hybridized carbons (Fsp3) is 0.233. The van der Waals surface area contributed by atoms with Gasteiger partial charge < -0.3 is 9.47 Å². The second-order valence-electron chi connectivity index (χ2n) is 8.95. The summed E-state index contributed by atoms with van der Waals surface area (Å²) < 4.78 is 12.5. The van der Waals surface area contributed by atoms with Crippen molar-refractivity contribution in [3.63, 3.8) is 0 Å². The number of amides is 4. The first-order chi connectivity index (χ1) is 18.2. The number of urea groups is 1. The van der Waals surface area contributed by atoms with Crippen molar-refractivity contribution in [2.24, 2.45) is 0 Å². The third-order valence-corrected chi connectivity index (χ3v) is 6.89. The zero-order chi connectivity index (χ0) is 27.4. The van der Waals surface area contributed by atoms with Gasteiger partial charge >= 0.3 is 6.03 Å². The lowest BCUT2D eigenvalue weighted by molar-refractivity contribution is -0.122. The molecule has 196 valence electrons. The molecule has 0 aliphatic carbocycles. The van der Waals surface area contributed by atoms with E-state index >= 15 is 0 Å². The summed E-state index contributed by atoms with van der Waals surface area (Å²) in [7, 11) is 0. The second kappa shape index (κ2) is 11.6. The van der Waals surface area contributed by atoms with Gasteiger partial charge in [0.05, 0.1) is 16.8 Å². The number of aryl methyl sites for hydroxylation is 3. The van der Waals surface area contributed by atoms with Gasteiger partial charge in [-0.3, -0.25) is 14.9 Å². The zero-order valence-corrected chi connectivity index (χ0v) is 23.3. The first-order valence-electron chi connectivity index (χ1n) is 12.4. The number of carbonyl (C=O) groups is 3. The molecule has 0 aromatic heterocycles. The van der Waals surface area contributed by atoms with Crippen molar-refractivity contribution in [1.29, 1.82) is 0 Å². The van der Waals surface area contributed by atoms with Gasteiger partial charge in [-0.15, -0.1) is 0 Å². The molecular formula is C30H29BrN2O5. The van der Waals surface area contributed by atoms with Crippen molar-refractivity contribution < 1.29 is 23.9 Å². The van der Waals surface area contributed by atoms with Crippen LogP contribution < -0.4 is 19.7 Å². The number of ether oxygens (including phenoxy) is 2. The Morgan fingerprint density at radius 3 is 2.26 bits per heavy atom. The average molecular weight is 577 g/mol. The van der Waals surface area contributed by atoms with Crippen LogP contribution in [-0.2, 0) is 22.6 Å². The van der Waals surface area contributed by atoms with E-state index < -0.39 is 17.8 Å². The minimum absolute atomic E-state index is 0.165. The van der Waals surface area contributed by atoms with Crippen LogP contribution in [0.25, 0.3) is 6.08 Å². The first-order valence-corrected chi connectivity index (χ1v) is 13.2. The van der Waals surface area contributed by atoms with Crippen LogP contribution in [0.15, 0.2) is 64.6 Å². The number of halogens is 1. The molecule has 4 amide bonds. The zero-order valence-electron chi connectivity index (χ0n) is 21.8. The summed E-state index contributed by atoms with van der Waals surface area (Å²) in [5.74, 6) is -0.485. The standard InChI is InChI=1S/C30H29BrN2O5/c1-5-20-9-11-23(12-10-20)33-29(35)24(28(34)32-30(33)36)14-22-15-25(31)27(26(16-22)37-6-2)38-17-21-8-7-18(3)19(4)13-21/h7-16H,5-6,17H2,1-4H3,(H,32,34,36)/b24-14+. The number of anilines is 1. The fourth-order valence-electron chi connectivity index (χ4n) is 4.06. The lowest BCUT2D eigenvalue weighted by Crippen LogP contribution is -2.54. The van der Waals surface area contributed by atoms with Gasteiger partial charge in [0.1, 0.15) is 12.2 Å². The number of benzene rings is 3. The van der Waals surface area contributed by atoms with Gasteiger partial charge in [-0.05, 0) is 101 Å². The summed E-state index contributed by atoms with van der Waals surface area (Å²) in [5, 5.41) is 2.26. The van der Waals surface area contributed by atoms with Gasteiger partial charge in [0.2, 0.25) is 0 Å². The molecule has 0 radical (unpaired) electrons. The van der Waals surface area contributed by atoms with E-state index in [1.165, 1.54) is 17.2 Å². The molecule has 1 N–H and O–H groups in total. The third kappa shape index (κ3) is 5.81. The van der Waals surface area contributed by atoms with Crippen molar-refractivity contribution in [3.8, 4) is 11.5 Å². The van der Waals surface area contributed by atoms with Crippen molar-refractivity contribution in [3.05, 3.63) is 92.5 Å². The Hall–Kier alpha value is -3.91. The molecule has 38 heavy (non-hydrogen) atoms. The van der Waals surface area contributed by atoms with Crippen LogP contribution in [0.5, 0.6) is 11.5 Å². The van der Waals surface area contributed by atoms with Crippen LogP contribution in [0, 0.1) is 13.8 Å². The molecule has 0 bridgehead atoms. The minimum Gasteiger partial charge on any atom is -0.490 e. The lowest BCUT2D eigenvalue weighted by atomic mass is 10.1. The monoisotopic (exact) mass is 576 g/mol. The SMILES string of the molecule is CCOc1cc(/C=C2\C(=O)NC(=O)N(c3ccc(CC)cc3)C2=O)cc(Br)c1OCc1ccc(C)c(C)c1. The molecule has 1 aliphatic heterocycles. The number of imide groups is 2. The van der Waals surface area contributed by atoms with Gasteiger partial charge in [-0.25, -0.2) is 9.69 Å². The molecule has 7 nitrogen and oxygen atoms in total. The highest BCUT2D eigenvalue weighted by Gasteiger charge is 2.36. The summed E-state index contributed by atoms with van der Waals surface area (Å²) in [4.78, 5) is 39.4. The summed E-state index contributed by atoms with van der Waals surface area (Å²) in [6.45, 7) is 8.72. The lowest BCUT2D eigenvalue weighted by Gasteiger charge is -2.26. The Morgan fingerprint density at radius 2 is 1.61 bits per heavy atom. The predicted molar refractivity (Wildman–Crippen MR) is 150 cm³/mol. The summed E-state index contributed by atoms with van der Waals surface area (Å²) >= 11 is 3.55. The van der Waals surface area contributed by atoms with E-state index in [1.807, 2.05) is 32.0 Å². The third-order valence-electron chi connectivity index (χ3n) is 6.30. The van der Waals surface area contributed by atoms with E-state index in [0.717, 1.165) is 22.4 Å². The van der Waals surface area contributed by atoms with E-state index in [4.69, 9.17) is 9.47 Å². The van der Waals surface area contributed by atoms with Gasteiger partial charge in [0.25, 0.3) is 11.8 Å². The molecule has 0 saturated carbocycles. The highest BCUT2D eigenvalue weighted by molar-refractivity contribution is 9.10. The predicted octanol–water partition coefficient (Wildman–Crippen LogP) is 6.27. The van der Waals surface area contributed by atoms with Crippen LogP contribution in [0.1, 0.15) is 41.7 Å². The maximum absolute atomic E-state index is 13.3. The van der Waals surface area contributed by atoms with Gasteiger partial charge in [-0.2, -0.15) is 0 Å². The number of hydrogen-bond donors (Lipinski definition) is 1. The van der Waals surface area contributed by atoms with Crippen LogP contribution in [-0.4, -0.2) is 24.5 Å². The maximum Gasteiger partial charge on any atom is 0.335 e. The normalized spacial score (nSPS) is 14.6. The molecule has 1 fully saturated rings. The number of nitrogens with one attached hydrogen (secondary N) is 1. The Bertz CT molecular complexity index is 1430. The van der Waals surface area contributed by atoms with Crippen molar-refractivity contribution >= 4 is 45.5 Å². The summed E-state index contributed by atoms with van der Waals surface area (Å²) in [6, 6.07) is 15.9. The number of barbiturate groups is 1. The molecule has 3 aromatic rings. The summed E-state index contributed by atoms with van der Waals surface area (Å²) in [5.41, 5.74) is 5.24. The number of nitrogens with zero attached hydrogens (tertiary/aromatic N) is 1. The highest BCUT2D eigenvalue weighted by atomic mass is 79.9. The Balaban J connectivity index is 1.64. The minimum atomic E-state index is -0.785. The number of hydrogen-bond acceptors (Lipinski definition) is 5.